The molecule has 1 aliphatic heterocycles. The van der Waals surface area contributed by atoms with Crippen molar-refractivity contribution in [3.05, 3.63) is 112 Å². The molecule has 8 nitrogen and oxygen atoms in total. The van der Waals surface area contributed by atoms with Crippen molar-refractivity contribution in [3.63, 3.8) is 0 Å². The van der Waals surface area contributed by atoms with Crippen molar-refractivity contribution in [2.24, 2.45) is 0 Å². The molecule has 1 fully saturated rings. The van der Waals surface area contributed by atoms with Gasteiger partial charge in [0.25, 0.3) is 11.5 Å². The van der Waals surface area contributed by atoms with Crippen LogP contribution in [0.1, 0.15) is 28.8 Å². The minimum Gasteiger partial charge on any atom is -0.341 e. The molecule has 1 saturated heterocycles. The maximum atomic E-state index is 15.1. The van der Waals surface area contributed by atoms with Crippen LogP contribution in [0, 0.1) is 24.4 Å². The van der Waals surface area contributed by atoms with Crippen molar-refractivity contribution >= 4 is 28.6 Å². The van der Waals surface area contributed by atoms with E-state index in [1.165, 1.54) is 42.5 Å². The molecule has 6 rings (SSSR count). The van der Waals surface area contributed by atoms with Gasteiger partial charge in [-0.2, -0.15) is 4.98 Å². The maximum absolute atomic E-state index is 15.1. The highest BCUT2D eigenvalue weighted by molar-refractivity contribution is 6.05. The topological polar surface area (TPSA) is 92.2 Å². The summed E-state index contributed by atoms with van der Waals surface area (Å²) in [4.78, 5) is 38.1. The smallest absolute Gasteiger partial charge is 0.256 e. The number of amides is 1. The maximum Gasteiger partial charge on any atom is 0.256 e. The van der Waals surface area contributed by atoms with E-state index in [1.54, 1.807) is 18.2 Å². The van der Waals surface area contributed by atoms with Crippen LogP contribution in [0.25, 0.3) is 28.0 Å². The molecule has 0 aliphatic carbocycles. The second-order valence-corrected chi connectivity index (χ2v) is 10.7. The standard InChI is InChI=1S/C33H29F3N6O2/c1-19-6-7-20(32(44)38-23-10-8-21(34)9-11-23)18-25(19)29-24-12-13-28(43)42(30-26(35)4-3-5-27(30)36)31(24)40-33(39-29)41-16-14-22(37-2)15-17-41/h3-13,18,22,37H,14-17H2,1-2H3,(H,38,44). The normalized spacial score (nSPS) is 13.8. The second kappa shape index (κ2) is 11.9. The molecule has 0 bridgehead atoms. The predicted molar refractivity (Wildman–Crippen MR) is 164 cm³/mol. The number of piperidine rings is 1. The van der Waals surface area contributed by atoms with Gasteiger partial charge in [-0.05, 0) is 87.0 Å². The highest BCUT2D eigenvalue weighted by atomic mass is 19.1. The number of anilines is 2. The molecule has 3 aromatic carbocycles. The molecule has 5 aromatic rings. The van der Waals surface area contributed by atoms with Crippen LogP contribution in [0.5, 0.6) is 0 Å². The Balaban J connectivity index is 1.54. The molecule has 0 spiro atoms. The average molecular weight is 599 g/mol. The van der Waals surface area contributed by atoms with Crippen molar-refractivity contribution in [1.29, 1.82) is 0 Å². The number of nitrogens with zero attached hydrogens (tertiary/aromatic N) is 4. The number of halogens is 3. The van der Waals surface area contributed by atoms with Crippen LogP contribution in [0.3, 0.4) is 0 Å². The number of pyridine rings is 1. The number of carbonyl (C=O) groups excluding carboxylic acids is 1. The first kappa shape index (κ1) is 29.1. The molecule has 3 heterocycles. The molecule has 2 aromatic heterocycles. The Morgan fingerprint density at radius 2 is 1.61 bits per heavy atom. The van der Waals surface area contributed by atoms with E-state index in [9.17, 15) is 14.0 Å². The number of hydrogen-bond acceptors (Lipinski definition) is 6. The number of rotatable bonds is 6. The van der Waals surface area contributed by atoms with Crippen molar-refractivity contribution in [2.75, 3.05) is 30.4 Å². The summed E-state index contributed by atoms with van der Waals surface area (Å²) in [6.07, 6.45) is 1.66. The summed E-state index contributed by atoms with van der Waals surface area (Å²) < 4.78 is 44.5. The lowest BCUT2D eigenvalue weighted by molar-refractivity contribution is 0.102. The van der Waals surface area contributed by atoms with Gasteiger partial charge in [0.05, 0.1) is 5.69 Å². The molecule has 11 heteroatoms. The van der Waals surface area contributed by atoms with Crippen LogP contribution in [0.2, 0.25) is 0 Å². The Morgan fingerprint density at radius 1 is 0.909 bits per heavy atom. The van der Waals surface area contributed by atoms with Gasteiger partial charge in [-0.15, -0.1) is 0 Å². The van der Waals surface area contributed by atoms with Crippen molar-refractivity contribution in [3.8, 4) is 16.9 Å². The van der Waals surface area contributed by atoms with Gasteiger partial charge in [-0.25, -0.2) is 18.2 Å². The summed E-state index contributed by atoms with van der Waals surface area (Å²) in [5, 5.41) is 6.42. The number of nitrogens with one attached hydrogen (secondary N) is 2. The largest absolute Gasteiger partial charge is 0.341 e. The predicted octanol–water partition coefficient (Wildman–Crippen LogP) is 5.61. The SMILES string of the molecule is CNC1CCN(c2nc(-c3cc(C(=O)Nc4ccc(F)cc4)ccc3C)c3ccc(=O)n(-c4c(F)cccc4F)c3n2)CC1. The molecule has 2 N–H and O–H groups in total. The molecule has 0 saturated carbocycles. The summed E-state index contributed by atoms with van der Waals surface area (Å²) in [6, 6.07) is 17.0. The van der Waals surface area contributed by atoms with E-state index in [1.807, 2.05) is 18.9 Å². The van der Waals surface area contributed by atoms with Gasteiger partial charge in [0.2, 0.25) is 5.95 Å². The zero-order valence-corrected chi connectivity index (χ0v) is 24.1. The lowest BCUT2D eigenvalue weighted by Gasteiger charge is -2.32. The molecule has 0 unspecified atom stereocenters. The number of aromatic nitrogens is 3. The Kier molecular flexibility index (Phi) is 7.88. The third-order valence-corrected chi connectivity index (χ3v) is 7.94. The van der Waals surface area contributed by atoms with Gasteiger partial charge < -0.3 is 15.5 Å². The highest BCUT2D eigenvalue weighted by Gasteiger charge is 2.25. The Hall–Kier alpha value is -5.03. The molecular formula is C33H29F3N6O2. The molecule has 44 heavy (non-hydrogen) atoms. The van der Waals surface area contributed by atoms with Crippen LogP contribution in [0.4, 0.5) is 24.8 Å². The lowest BCUT2D eigenvalue weighted by Crippen LogP contribution is -2.42. The molecule has 224 valence electrons. The number of fused-ring (bicyclic) bond motifs is 1. The Bertz CT molecular complexity index is 1920. The van der Waals surface area contributed by atoms with E-state index in [0.29, 0.717) is 53.0 Å². The van der Waals surface area contributed by atoms with Gasteiger partial charge in [0, 0.05) is 47.4 Å². The number of benzene rings is 3. The van der Waals surface area contributed by atoms with Crippen LogP contribution >= 0.6 is 0 Å². The minimum atomic E-state index is -0.910. The van der Waals surface area contributed by atoms with E-state index in [0.717, 1.165) is 35.1 Å². The monoisotopic (exact) mass is 598 g/mol. The van der Waals surface area contributed by atoms with Crippen LogP contribution in [-0.4, -0.2) is 46.6 Å². The summed E-state index contributed by atoms with van der Waals surface area (Å²) in [5.74, 6) is -2.36. The highest BCUT2D eigenvalue weighted by Crippen LogP contribution is 2.33. The fourth-order valence-corrected chi connectivity index (χ4v) is 5.49. The van der Waals surface area contributed by atoms with E-state index < -0.39 is 34.6 Å². The molecular weight excluding hydrogens is 569 g/mol. The minimum absolute atomic E-state index is 0.0396. The van der Waals surface area contributed by atoms with Crippen LogP contribution < -0.4 is 21.1 Å². The third kappa shape index (κ3) is 5.53. The first-order valence-electron chi connectivity index (χ1n) is 14.2. The van der Waals surface area contributed by atoms with E-state index in [-0.39, 0.29) is 5.65 Å². The Labute approximate surface area is 251 Å². The van der Waals surface area contributed by atoms with Crippen molar-refractivity contribution < 1.29 is 18.0 Å². The molecule has 1 amide bonds. The fraction of sp³-hybridized carbons (Fsp3) is 0.212. The molecule has 0 atom stereocenters. The molecule has 1 aliphatic rings. The average Bonchev–Trinajstić information content (AvgIpc) is 3.02. The number of aryl methyl sites for hydroxylation is 1. The zero-order valence-electron chi connectivity index (χ0n) is 24.1. The van der Waals surface area contributed by atoms with E-state index >= 15 is 8.78 Å². The molecule has 0 radical (unpaired) electrons. The third-order valence-electron chi connectivity index (χ3n) is 7.94. The van der Waals surface area contributed by atoms with Crippen molar-refractivity contribution in [2.45, 2.75) is 25.8 Å². The first-order valence-corrected chi connectivity index (χ1v) is 14.2. The number of hydrogen-bond donors (Lipinski definition) is 2. The number of para-hydroxylation sites is 1. The quantitative estimate of drug-likeness (QED) is 0.264. The van der Waals surface area contributed by atoms with Crippen molar-refractivity contribution in [1.82, 2.24) is 19.9 Å². The van der Waals surface area contributed by atoms with Gasteiger partial charge in [-0.3, -0.25) is 14.2 Å². The fourth-order valence-electron chi connectivity index (χ4n) is 5.49. The second-order valence-electron chi connectivity index (χ2n) is 10.7. The summed E-state index contributed by atoms with van der Waals surface area (Å²) in [5.41, 5.74) is 1.35. The first-order chi connectivity index (χ1) is 21.2. The van der Waals surface area contributed by atoms with Gasteiger partial charge in [0.15, 0.2) is 5.65 Å². The van der Waals surface area contributed by atoms with Gasteiger partial charge >= 0.3 is 0 Å². The summed E-state index contributed by atoms with van der Waals surface area (Å²) >= 11 is 0. The summed E-state index contributed by atoms with van der Waals surface area (Å²) in [7, 11) is 1.91. The Morgan fingerprint density at radius 3 is 2.30 bits per heavy atom. The van der Waals surface area contributed by atoms with Gasteiger partial charge in [-0.1, -0.05) is 12.1 Å². The van der Waals surface area contributed by atoms with Crippen LogP contribution in [-0.2, 0) is 0 Å². The summed E-state index contributed by atoms with van der Waals surface area (Å²) in [6.45, 7) is 3.11. The zero-order chi connectivity index (χ0) is 31.0. The van der Waals surface area contributed by atoms with Crippen LogP contribution in [0.15, 0.2) is 77.6 Å². The van der Waals surface area contributed by atoms with E-state index in [2.05, 4.69) is 10.6 Å². The number of carbonyl (C=O) groups is 1. The van der Waals surface area contributed by atoms with Gasteiger partial charge in [0.1, 0.15) is 23.1 Å². The van der Waals surface area contributed by atoms with E-state index in [4.69, 9.17) is 9.97 Å². The lowest BCUT2D eigenvalue weighted by atomic mass is 9.99.